The van der Waals surface area contributed by atoms with Crippen LogP contribution in [0.3, 0.4) is 0 Å². The third kappa shape index (κ3) is 1.71. The number of benzene rings is 1. The van der Waals surface area contributed by atoms with Crippen LogP contribution >= 0.6 is 0 Å². The van der Waals surface area contributed by atoms with E-state index in [0.717, 1.165) is 12.1 Å². The Morgan fingerprint density at radius 1 is 1.53 bits per heavy atom. The minimum atomic E-state index is -3.50. The fraction of sp³-hybridized carbons (Fsp3) is 0.364. The van der Waals surface area contributed by atoms with Gasteiger partial charge in [-0.25, -0.2) is 8.78 Å². The summed E-state index contributed by atoms with van der Waals surface area (Å²) < 4.78 is 31.6. The van der Waals surface area contributed by atoms with Crippen molar-refractivity contribution < 1.29 is 28.3 Å². The van der Waals surface area contributed by atoms with Crippen LogP contribution in [0.1, 0.15) is 12.0 Å². The molecule has 19 heavy (non-hydrogen) atoms. The van der Waals surface area contributed by atoms with Crippen molar-refractivity contribution in [1.29, 1.82) is 0 Å². The molecule has 1 saturated carbocycles. The van der Waals surface area contributed by atoms with E-state index in [4.69, 9.17) is 9.84 Å². The van der Waals surface area contributed by atoms with Gasteiger partial charge in [-0.3, -0.25) is 14.9 Å². The summed E-state index contributed by atoms with van der Waals surface area (Å²) >= 11 is 0. The number of nitro benzene ring substituents is 1. The molecule has 0 saturated heterocycles. The van der Waals surface area contributed by atoms with Crippen LogP contribution in [0.5, 0.6) is 5.75 Å². The molecule has 0 bridgehead atoms. The van der Waals surface area contributed by atoms with Crippen LogP contribution in [-0.2, 0) is 10.2 Å². The Kier molecular flexibility index (Phi) is 2.69. The summed E-state index contributed by atoms with van der Waals surface area (Å²) in [6.07, 6.45) is -0.955. The van der Waals surface area contributed by atoms with Gasteiger partial charge in [0, 0.05) is 12.5 Å². The van der Waals surface area contributed by atoms with E-state index in [9.17, 15) is 23.7 Å². The molecule has 1 aliphatic carbocycles. The number of carboxylic acids is 1. The second kappa shape index (κ2) is 3.87. The lowest BCUT2D eigenvalue weighted by Gasteiger charge is -2.13. The molecule has 2 rings (SSSR count). The number of aliphatic carboxylic acids is 1. The second-order valence-corrected chi connectivity index (χ2v) is 4.23. The van der Waals surface area contributed by atoms with Crippen molar-refractivity contribution in [3.63, 3.8) is 0 Å². The van der Waals surface area contributed by atoms with Gasteiger partial charge < -0.3 is 9.84 Å². The van der Waals surface area contributed by atoms with Gasteiger partial charge in [-0.1, -0.05) is 0 Å². The minimum Gasteiger partial charge on any atom is -0.497 e. The highest BCUT2D eigenvalue weighted by Crippen LogP contribution is 2.63. The smallest absolute Gasteiger partial charge is 0.320 e. The molecule has 0 heterocycles. The SMILES string of the molecule is COc1ccc([N+](=O)[O-])c(C2(C(=O)O)CC2(F)F)c1. The van der Waals surface area contributed by atoms with Gasteiger partial charge in [0.25, 0.3) is 11.6 Å². The molecule has 0 spiro atoms. The van der Waals surface area contributed by atoms with Gasteiger partial charge in [-0.05, 0) is 12.1 Å². The highest BCUT2D eigenvalue weighted by Gasteiger charge is 2.79. The zero-order chi connectivity index (χ0) is 14.4. The van der Waals surface area contributed by atoms with Crippen LogP contribution in [0.4, 0.5) is 14.5 Å². The molecule has 0 aliphatic heterocycles. The monoisotopic (exact) mass is 273 g/mol. The van der Waals surface area contributed by atoms with E-state index >= 15 is 0 Å². The third-order valence-corrected chi connectivity index (χ3v) is 3.21. The zero-order valence-corrected chi connectivity index (χ0v) is 9.72. The fourth-order valence-electron chi connectivity index (χ4n) is 2.07. The van der Waals surface area contributed by atoms with Crippen LogP contribution in [0, 0.1) is 10.1 Å². The molecule has 1 aromatic carbocycles. The number of ether oxygens (including phenoxy) is 1. The van der Waals surface area contributed by atoms with Gasteiger partial charge in [0.2, 0.25) is 0 Å². The molecule has 0 amide bonds. The fourth-order valence-corrected chi connectivity index (χ4v) is 2.07. The average Bonchev–Trinajstić information content (AvgIpc) is 2.93. The summed E-state index contributed by atoms with van der Waals surface area (Å²) in [5.41, 5.74) is -3.72. The van der Waals surface area contributed by atoms with Crippen LogP contribution in [0.15, 0.2) is 18.2 Å². The highest BCUT2D eigenvalue weighted by molar-refractivity contribution is 5.89. The molecule has 1 fully saturated rings. The van der Waals surface area contributed by atoms with Crippen molar-refractivity contribution in [2.75, 3.05) is 7.11 Å². The van der Waals surface area contributed by atoms with E-state index in [-0.39, 0.29) is 5.75 Å². The van der Waals surface area contributed by atoms with Crippen molar-refractivity contribution in [1.82, 2.24) is 0 Å². The number of hydrogen-bond acceptors (Lipinski definition) is 4. The maximum atomic E-state index is 13.4. The van der Waals surface area contributed by atoms with Crippen LogP contribution < -0.4 is 4.74 Å². The van der Waals surface area contributed by atoms with E-state index < -0.39 is 39.9 Å². The Labute approximate surface area is 105 Å². The maximum Gasteiger partial charge on any atom is 0.320 e. The molecular formula is C11H9F2NO5. The Balaban J connectivity index is 2.67. The third-order valence-electron chi connectivity index (χ3n) is 3.21. The summed E-state index contributed by atoms with van der Waals surface area (Å²) in [5, 5.41) is 19.9. The molecule has 1 aromatic rings. The van der Waals surface area contributed by atoms with Crippen molar-refractivity contribution >= 4 is 11.7 Å². The summed E-state index contributed by atoms with van der Waals surface area (Å²) in [6.45, 7) is 0. The lowest BCUT2D eigenvalue weighted by atomic mass is 9.93. The van der Waals surface area contributed by atoms with Crippen molar-refractivity contribution in [2.24, 2.45) is 0 Å². The summed E-state index contributed by atoms with van der Waals surface area (Å²) in [5.74, 6) is -5.20. The molecule has 6 nitrogen and oxygen atoms in total. The van der Waals surface area contributed by atoms with E-state index in [1.54, 1.807) is 0 Å². The van der Waals surface area contributed by atoms with Gasteiger partial charge in [-0.15, -0.1) is 0 Å². The molecule has 102 valence electrons. The molecule has 1 aliphatic rings. The van der Waals surface area contributed by atoms with Crippen molar-refractivity contribution in [3.8, 4) is 5.75 Å². The van der Waals surface area contributed by atoms with Crippen LogP contribution in [0.25, 0.3) is 0 Å². The topological polar surface area (TPSA) is 89.7 Å². The summed E-state index contributed by atoms with van der Waals surface area (Å²) in [7, 11) is 1.25. The molecule has 1 N–H and O–H groups in total. The van der Waals surface area contributed by atoms with Gasteiger partial charge in [0.05, 0.1) is 17.6 Å². The Bertz CT molecular complexity index is 574. The number of nitro groups is 1. The number of nitrogens with zero attached hydrogens (tertiary/aromatic N) is 1. The minimum absolute atomic E-state index is 0.0870. The normalized spacial score (nSPS) is 23.7. The Morgan fingerprint density at radius 2 is 2.11 bits per heavy atom. The molecule has 0 aromatic heterocycles. The van der Waals surface area contributed by atoms with Gasteiger partial charge in [0.1, 0.15) is 5.75 Å². The Hall–Kier alpha value is -2.25. The van der Waals surface area contributed by atoms with Crippen molar-refractivity contribution in [2.45, 2.75) is 17.8 Å². The van der Waals surface area contributed by atoms with Gasteiger partial charge >= 0.3 is 5.97 Å². The first-order valence-electron chi connectivity index (χ1n) is 5.20. The first-order chi connectivity index (χ1) is 8.76. The Morgan fingerprint density at radius 3 is 2.47 bits per heavy atom. The van der Waals surface area contributed by atoms with E-state index in [1.807, 2.05) is 0 Å². The summed E-state index contributed by atoms with van der Waals surface area (Å²) in [6, 6.07) is 3.16. The van der Waals surface area contributed by atoms with Gasteiger partial charge in [0.15, 0.2) is 5.41 Å². The molecule has 1 unspecified atom stereocenters. The highest BCUT2D eigenvalue weighted by atomic mass is 19.3. The van der Waals surface area contributed by atoms with E-state index in [1.165, 1.54) is 13.2 Å². The number of carbonyl (C=O) groups is 1. The number of halogens is 2. The van der Waals surface area contributed by atoms with E-state index in [0.29, 0.717) is 0 Å². The number of rotatable bonds is 4. The number of methoxy groups -OCH3 is 1. The predicted molar refractivity (Wildman–Crippen MR) is 58.5 cm³/mol. The van der Waals surface area contributed by atoms with Crippen molar-refractivity contribution in [3.05, 3.63) is 33.9 Å². The number of carboxylic acid groups (broad SMARTS) is 1. The van der Waals surface area contributed by atoms with Crippen LogP contribution in [-0.4, -0.2) is 29.0 Å². The van der Waals surface area contributed by atoms with E-state index in [2.05, 4.69) is 0 Å². The second-order valence-electron chi connectivity index (χ2n) is 4.23. The lowest BCUT2D eigenvalue weighted by Crippen LogP contribution is -2.28. The quantitative estimate of drug-likeness (QED) is 0.669. The largest absolute Gasteiger partial charge is 0.497 e. The maximum absolute atomic E-state index is 13.4. The average molecular weight is 273 g/mol. The standard InChI is InChI=1S/C11H9F2NO5/c1-19-6-2-3-8(14(17)18)7(4-6)10(9(15)16)5-11(10,12)13/h2-4H,5H2,1H3,(H,15,16). The first-order valence-corrected chi connectivity index (χ1v) is 5.20. The molecule has 8 heteroatoms. The zero-order valence-electron chi connectivity index (χ0n) is 9.72. The molecular weight excluding hydrogens is 264 g/mol. The predicted octanol–water partition coefficient (Wildman–Crippen LogP) is 1.96. The lowest BCUT2D eigenvalue weighted by molar-refractivity contribution is -0.385. The van der Waals surface area contributed by atoms with Crippen LogP contribution in [0.2, 0.25) is 0 Å². The number of hydrogen-bond donors (Lipinski definition) is 1. The first kappa shape index (κ1) is 13.2. The van der Waals surface area contributed by atoms with Gasteiger partial charge in [-0.2, -0.15) is 0 Å². The molecule has 1 atom stereocenters. The summed E-state index contributed by atoms with van der Waals surface area (Å²) in [4.78, 5) is 21.1. The molecule has 0 radical (unpaired) electrons. The number of alkyl halides is 2.